The summed E-state index contributed by atoms with van der Waals surface area (Å²) in [6.45, 7) is 4.21. The highest BCUT2D eigenvalue weighted by Gasteiger charge is 2.17. The lowest BCUT2D eigenvalue weighted by Gasteiger charge is -2.18. The lowest BCUT2D eigenvalue weighted by atomic mass is 9.85. The van der Waals surface area contributed by atoms with Crippen molar-refractivity contribution in [3.8, 4) is 22.3 Å². The van der Waals surface area contributed by atoms with E-state index in [-0.39, 0.29) is 0 Å². The van der Waals surface area contributed by atoms with Crippen molar-refractivity contribution in [1.82, 2.24) is 0 Å². The standard InChI is InChI=1S/C31H22O/c1-19-3-7-21(8-4-19)25-13-11-23-12-14-28-29(22-9-5-20(2)6-10-22)17-24(18-32)26-15-16-27(25)30(23)31(26)28/h3-18H,1-2H3. The van der Waals surface area contributed by atoms with Crippen LogP contribution in [0.3, 0.4) is 0 Å². The van der Waals surface area contributed by atoms with Gasteiger partial charge in [-0.3, -0.25) is 4.79 Å². The van der Waals surface area contributed by atoms with Crippen LogP contribution in [0.25, 0.3) is 54.6 Å². The van der Waals surface area contributed by atoms with Gasteiger partial charge in [0.2, 0.25) is 0 Å². The minimum Gasteiger partial charge on any atom is -0.298 e. The van der Waals surface area contributed by atoms with E-state index in [2.05, 4.69) is 98.8 Å². The number of aryl methyl sites for hydroxylation is 2. The van der Waals surface area contributed by atoms with Crippen LogP contribution in [0.1, 0.15) is 21.5 Å². The summed E-state index contributed by atoms with van der Waals surface area (Å²) in [6.07, 6.45) is 0.991. The first-order chi connectivity index (χ1) is 15.6. The van der Waals surface area contributed by atoms with Crippen molar-refractivity contribution in [2.45, 2.75) is 13.8 Å². The van der Waals surface area contributed by atoms with Crippen LogP contribution in [0.15, 0.2) is 91.0 Å². The smallest absolute Gasteiger partial charge is 0.150 e. The quantitative estimate of drug-likeness (QED) is 0.212. The number of rotatable bonds is 3. The molecular formula is C31H22O. The van der Waals surface area contributed by atoms with Gasteiger partial charge in [-0.25, -0.2) is 0 Å². The van der Waals surface area contributed by atoms with Crippen LogP contribution in [-0.4, -0.2) is 6.29 Å². The summed E-state index contributed by atoms with van der Waals surface area (Å²) in [5, 5.41) is 7.04. The zero-order chi connectivity index (χ0) is 21.8. The maximum Gasteiger partial charge on any atom is 0.150 e. The van der Waals surface area contributed by atoms with Crippen molar-refractivity contribution in [2.75, 3.05) is 0 Å². The van der Waals surface area contributed by atoms with Crippen molar-refractivity contribution in [2.24, 2.45) is 0 Å². The summed E-state index contributed by atoms with van der Waals surface area (Å²) >= 11 is 0. The molecule has 0 radical (unpaired) electrons. The van der Waals surface area contributed by atoms with Gasteiger partial charge in [0.05, 0.1) is 0 Å². The maximum atomic E-state index is 12.1. The monoisotopic (exact) mass is 410 g/mol. The molecule has 0 atom stereocenters. The van der Waals surface area contributed by atoms with Gasteiger partial charge in [-0.1, -0.05) is 96.1 Å². The number of carbonyl (C=O) groups is 1. The van der Waals surface area contributed by atoms with E-state index >= 15 is 0 Å². The predicted octanol–water partition coefficient (Wildman–Crippen LogP) is 8.35. The van der Waals surface area contributed by atoms with Crippen molar-refractivity contribution in [3.05, 3.63) is 108 Å². The van der Waals surface area contributed by atoms with E-state index in [9.17, 15) is 4.79 Å². The molecule has 0 amide bonds. The molecule has 0 saturated heterocycles. The second-order valence-corrected chi connectivity index (χ2v) is 8.72. The molecule has 0 aliphatic heterocycles. The van der Waals surface area contributed by atoms with Gasteiger partial charge < -0.3 is 0 Å². The fraction of sp³-hybridized carbons (Fsp3) is 0.0645. The zero-order valence-corrected chi connectivity index (χ0v) is 18.1. The van der Waals surface area contributed by atoms with Crippen molar-refractivity contribution < 1.29 is 4.79 Å². The summed E-state index contributed by atoms with van der Waals surface area (Å²) in [5.41, 5.74) is 7.89. The molecule has 152 valence electrons. The number of carbonyl (C=O) groups excluding carboxylic acids is 1. The normalized spacial score (nSPS) is 11.6. The Kier molecular flexibility index (Phi) is 4.13. The maximum absolute atomic E-state index is 12.1. The molecule has 0 unspecified atom stereocenters. The van der Waals surface area contributed by atoms with Crippen LogP contribution >= 0.6 is 0 Å². The topological polar surface area (TPSA) is 17.1 Å². The van der Waals surface area contributed by atoms with Crippen LogP contribution in [0.5, 0.6) is 0 Å². The molecule has 0 aliphatic rings. The fourth-order valence-electron chi connectivity index (χ4n) is 4.98. The summed E-state index contributed by atoms with van der Waals surface area (Å²) in [4.78, 5) is 12.1. The van der Waals surface area contributed by atoms with Gasteiger partial charge >= 0.3 is 0 Å². The Balaban J connectivity index is 1.76. The van der Waals surface area contributed by atoms with Crippen molar-refractivity contribution >= 4 is 38.6 Å². The molecule has 32 heavy (non-hydrogen) atoms. The van der Waals surface area contributed by atoms with Gasteiger partial charge in [0.1, 0.15) is 0 Å². The number of hydrogen-bond acceptors (Lipinski definition) is 1. The summed E-state index contributed by atoms with van der Waals surface area (Å²) in [6, 6.07) is 32.4. The summed E-state index contributed by atoms with van der Waals surface area (Å²) in [5.74, 6) is 0. The highest BCUT2D eigenvalue weighted by molar-refractivity contribution is 6.29. The van der Waals surface area contributed by atoms with Crippen molar-refractivity contribution in [1.29, 1.82) is 0 Å². The van der Waals surface area contributed by atoms with E-state index in [4.69, 9.17) is 0 Å². The first-order valence-corrected chi connectivity index (χ1v) is 11.0. The number of benzene rings is 6. The molecule has 6 aromatic rings. The summed E-state index contributed by atoms with van der Waals surface area (Å²) < 4.78 is 0. The average molecular weight is 411 g/mol. The fourth-order valence-corrected chi connectivity index (χ4v) is 4.98. The molecule has 6 aromatic carbocycles. The third kappa shape index (κ3) is 2.75. The van der Waals surface area contributed by atoms with Gasteiger partial charge in [0.15, 0.2) is 6.29 Å². The lowest BCUT2D eigenvalue weighted by molar-refractivity contribution is 0.112. The minimum absolute atomic E-state index is 0.739. The molecule has 0 aliphatic carbocycles. The van der Waals surface area contributed by atoms with E-state index < -0.39 is 0 Å². The zero-order valence-electron chi connectivity index (χ0n) is 18.1. The Morgan fingerprint density at radius 1 is 0.531 bits per heavy atom. The van der Waals surface area contributed by atoms with E-state index in [0.717, 1.165) is 28.4 Å². The summed E-state index contributed by atoms with van der Waals surface area (Å²) in [7, 11) is 0. The Morgan fingerprint density at radius 2 is 1.06 bits per heavy atom. The molecular weight excluding hydrogens is 388 g/mol. The Hall–Kier alpha value is -3.97. The number of hydrogen-bond donors (Lipinski definition) is 0. The van der Waals surface area contributed by atoms with Gasteiger partial charge in [0, 0.05) is 5.56 Å². The molecule has 0 heterocycles. The SMILES string of the molecule is Cc1ccc(-c2ccc3ccc4c(-c5ccc(C)cc5)cc(C=O)c5ccc2c3c54)cc1. The predicted molar refractivity (Wildman–Crippen MR) is 136 cm³/mol. The van der Waals surface area contributed by atoms with Crippen LogP contribution in [0, 0.1) is 13.8 Å². The Labute approximate surface area is 187 Å². The second-order valence-electron chi connectivity index (χ2n) is 8.72. The van der Waals surface area contributed by atoms with Crippen LogP contribution < -0.4 is 0 Å². The molecule has 0 N–H and O–H groups in total. The molecule has 6 rings (SSSR count). The van der Waals surface area contributed by atoms with E-state index in [1.54, 1.807) is 0 Å². The molecule has 1 heteroatoms. The van der Waals surface area contributed by atoms with E-state index in [1.165, 1.54) is 49.2 Å². The van der Waals surface area contributed by atoms with E-state index in [0.29, 0.717) is 0 Å². The Bertz CT molecular complexity index is 1620. The highest BCUT2D eigenvalue weighted by Crippen LogP contribution is 2.43. The third-order valence-electron chi connectivity index (χ3n) is 6.67. The molecule has 1 nitrogen and oxygen atoms in total. The first-order valence-electron chi connectivity index (χ1n) is 11.0. The van der Waals surface area contributed by atoms with Crippen LogP contribution in [-0.2, 0) is 0 Å². The average Bonchev–Trinajstić information content (AvgIpc) is 2.83. The molecule has 0 aromatic heterocycles. The second kappa shape index (κ2) is 7.03. The molecule has 0 spiro atoms. The molecule has 0 saturated carbocycles. The first kappa shape index (κ1) is 18.8. The van der Waals surface area contributed by atoms with Crippen LogP contribution in [0.2, 0.25) is 0 Å². The van der Waals surface area contributed by atoms with Gasteiger partial charge in [-0.05, 0) is 74.5 Å². The van der Waals surface area contributed by atoms with Gasteiger partial charge in [-0.15, -0.1) is 0 Å². The third-order valence-corrected chi connectivity index (χ3v) is 6.67. The molecule has 0 bridgehead atoms. The van der Waals surface area contributed by atoms with Gasteiger partial charge in [0.25, 0.3) is 0 Å². The van der Waals surface area contributed by atoms with E-state index in [1.807, 2.05) is 6.07 Å². The largest absolute Gasteiger partial charge is 0.298 e. The van der Waals surface area contributed by atoms with Crippen LogP contribution in [0.4, 0.5) is 0 Å². The molecule has 0 fully saturated rings. The minimum atomic E-state index is 0.739. The lowest BCUT2D eigenvalue weighted by Crippen LogP contribution is -1.93. The van der Waals surface area contributed by atoms with Crippen molar-refractivity contribution in [3.63, 3.8) is 0 Å². The Morgan fingerprint density at radius 3 is 1.72 bits per heavy atom. The number of aldehydes is 1. The van der Waals surface area contributed by atoms with Gasteiger partial charge in [-0.2, -0.15) is 0 Å². The highest BCUT2D eigenvalue weighted by atomic mass is 16.1.